The number of rotatable bonds is 5. The van der Waals surface area contributed by atoms with Crippen LogP contribution in [0.1, 0.15) is 45.4 Å². The first-order chi connectivity index (χ1) is 14.3. The number of nitrogens with one attached hydrogen (secondary N) is 2. The van der Waals surface area contributed by atoms with E-state index in [0.717, 1.165) is 22.2 Å². The Hall–Kier alpha value is -2.86. The SMILES string of the molecule is CO[C@@H]1CN(C(=O)c2cc3c(C)c(C)[nH]c3c(NCc3c(C)cccc3C)n2)[C@@H]1C. The molecule has 30 heavy (non-hydrogen) atoms. The zero-order chi connectivity index (χ0) is 21.6. The quantitative estimate of drug-likeness (QED) is 0.664. The predicted molar refractivity (Wildman–Crippen MR) is 120 cm³/mol. The normalized spacial score (nSPS) is 18.5. The summed E-state index contributed by atoms with van der Waals surface area (Å²) in [6, 6.07) is 8.28. The minimum atomic E-state index is -0.0499. The van der Waals surface area contributed by atoms with Crippen molar-refractivity contribution in [3.63, 3.8) is 0 Å². The average molecular weight is 407 g/mol. The molecule has 6 heteroatoms. The van der Waals surface area contributed by atoms with E-state index in [4.69, 9.17) is 9.72 Å². The third-order valence-corrected chi connectivity index (χ3v) is 6.56. The Balaban J connectivity index is 1.70. The van der Waals surface area contributed by atoms with Crippen molar-refractivity contribution < 1.29 is 9.53 Å². The zero-order valence-electron chi connectivity index (χ0n) is 18.6. The number of nitrogens with zero attached hydrogens (tertiary/aromatic N) is 2. The number of likely N-dealkylation sites (tertiary alicyclic amines) is 1. The topological polar surface area (TPSA) is 70.2 Å². The van der Waals surface area contributed by atoms with Crippen LogP contribution in [0.25, 0.3) is 10.9 Å². The number of ether oxygens (including phenoxy) is 1. The summed E-state index contributed by atoms with van der Waals surface area (Å²) < 4.78 is 5.41. The number of pyridine rings is 1. The number of hydrogen-bond donors (Lipinski definition) is 2. The lowest BCUT2D eigenvalue weighted by Gasteiger charge is -2.45. The third kappa shape index (κ3) is 3.35. The van der Waals surface area contributed by atoms with Crippen molar-refractivity contribution in [2.24, 2.45) is 0 Å². The molecule has 1 saturated heterocycles. The first kappa shape index (κ1) is 20.4. The lowest BCUT2D eigenvalue weighted by atomic mass is 10.00. The number of benzene rings is 1. The second-order valence-corrected chi connectivity index (χ2v) is 8.35. The van der Waals surface area contributed by atoms with Crippen LogP contribution in [-0.4, -0.2) is 46.6 Å². The largest absolute Gasteiger partial charge is 0.377 e. The van der Waals surface area contributed by atoms with E-state index in [1.807, 2.05) is 24.8 Å². The molecule has 0 saturated carbocycles. The van der Waals surface area contributed by atoms with Gasteiger partial charge in [-0.2, -0.15) is 0 Å². The molecule has 6 nitrogen and oxygen atoms in total. The number of methoxy groups -OCH3 is 1. The molecule has 0 bridgehead atoms. The predicted octanol–water partition coefficient (Wildman–Crippen LogP) is 4.27. The van der Waals surface area contributed by atoms with E-state index in [-0.39, 0.29) is 18.1 Å². The van der Waals surface area contributed by atoms with Gasteiger partial charge in [0.05, 0.1) is 17.7 Å². The average Bonchev–Trinajstić information content (AvgIpc) is 3.00. The number of amides is 1. The van der Waals surface area contributed by atoms with E-state index < -0.39 is 0 Å². The van der Waals surface area contributed by atoms with Gasteiger partial charge >= 0.3 is 0 Å². The summed E-state index contributed by atoms with van der Waals surface area (Å²) in [4.78, 5) is 23.2. The molecule has 3 aromatic rings. The van der Waals surface area contributed by atoms with E-state index in [9.17, 15) is 4.79 Å². The Morgan fingerprint density at radius 2 is 1.97 bits per heavy atom. The zero-order valence-corrected chi connectivity index (χ0v) is 18.6. The molecule has 1 aliphatic rings. The van der Waals surface area contributed by atoms with Gasteiger partial charge in [-0.15, -0.1) is 0 Å². The van der Waals surface area contributed by atoms with Crippen LogP contribution >= 0.6 is 0 Å². The van der Waals surface area contributed by atoms with Crippen molar-refractivity contribution in [1.29, 1.82) is 0 Å². The molecule has 1 aliphatic heterocycles. The molecule has 2 atom stereocenters. The molecule has 2 aromatic heterocycles. The smallest absolute Gasteiger partial charge is 0.272 e. The molecule has 1 fully saturated rings. The molecule has 1 amide bonds. The lowest BCUT2D eigenvalue weighted by molar-refractivity contribution is -0.0594. The van der Waals surface area contributed by atoms with Crippen molar-refractivity contribution in [2.75, 3.05) is 19.0 Å². The van der Waals surface area contributed by atoms with Gasteiger partial charge in [0.15, 0.2) is 5.82 Å². The Labute approximate surface area is 177 Å². The van der Waals surface area contributed by atoms with Gasteiger partial charge in [0.2, 0.25) is 0 Å². The molecule has 0 unspecified atom stereocenters. The first-order valence-electron chi connectivity index (χ1n) is 10.4. The van der Waals surface area contributed by atoms with Gasteiger partial charge in [-0.3, -0.25) is 4.79 Å². The Kier molecular flexibility index (Phi) is 5.28. The van der Waals surface area contributed by atoms with Crippen LogP contribution in [0.5, 0.6) is 0 Å². The van der Waals surface area contributed by atoms with Crippen molar-refractivity contribution in [2.45, 2.75) is 53.3 Å². The number of hydrogen-bond acceptors (Lipinski definition) is 4. The van der Waals surface area contributed by atoms with Crippen molar-refractivity contribution >= 4 is 22.6 Å². The van der Waals surface area contributed by atoms with Crippen LogP contribution in [0, 0.1) is 27.7 Å². The fraction of sp³-hybridized carbons (Fsp3) is 0.417. The molecule has 2 N–H and O–H groups in total. The minimum absolute atomic E-state index is 0.0499. The van der Waals surface area contributed by atoms with Gasteiger partial charge in [0.25, 0.3) is 5.91 Å². The Morgan fingerprint density at radius 1 is 1.27 bits per heavy atom. The number of anilines is 1. The van der Waals surface area contributed by atoms with Crippen LogP contribution in [0.4, 0.5) is 5.82 Å². The highest BCUT2D eigenvalue weighted by molar-refractivity contribution is 6.01. The number of H-pyrrole nitrogens is 1. The highest BCUT2D eigenvalue weighted by Crippen LogP contribution is 2.30. The maximum absolute atomic E-state index is 13.2. The summed E-state index contributed by atoms with van der Waals surface area (Å²) in [5.41, 5.74) is 7.37. The number of aromatic nitrogens is 2. The van der Waals surface area contributed by atoms with Crippen LogP contribution in [-0.2, 0) is 11.3 Å². The maximum Gasteiger partial charge on any atom is 0.272 e. The second-order valence-electron chi connectivity index (χ2n) is 8.35. The Morgan fingerprint density at radius 3 is 2.60 bits per heavy atom. The summed E-state index contributed by atoms with van der Waals surface area (Å²) in [6.45, 7) is 11.6. The van der Waals surface area contributed by atoms with E-state index in [1.54, 1.807) is 7.11 Å². The molecular weight excluding hydrogens is 376 g/mol. The monoisotopic (exact) mass is 406 g/mol. The van der Waals surface area contributed by atoms with Crippen LogP contribution < -0.4 is 5.32 Å². The Bertz CT molecular complexity index is 1100. The highest BCUT2D eigenvalue weighted by Gasteiger charge is 2.39. The molecule has 4 rings (SSSR count). The van der Waals surface area contributed by atoms with E-state index in [1.165, 1.54) is 16.7 Å². The van der Waals surface area contributed by atoms with E-state index in [0.29, 0.717) is 24.6 Å². The van der Waals surface area contributed by atoms with Crippen molar-refractivity contribution in [3.8, 4) is 0 Å². The van der Waals surface area contributed by atoms with Crippen LogP contribution in [0.3, 0.4) is 0 Å². The molecule has 1 aromatic carbocycles. The molecular formula is C24H30N4O2. The first-order valence-corrected chi connectivity index (χ1v) is 10.4. The lowest BCUT2D eigenvalue weighted by Crippen LogP contribution is -2.61. The summed E-state index contributed by atoms with van der Waals surface area (Å²) in [6.07, 6.45) is 0.0931. The van der Waals surface area contributed by atoms with Gasteiger partial charge in [-0.05, 0) is 62.9 Å². The number of carbonyl (C=O) groups is 1. The number of aryl methyl sites for hydroxylation is 4. The van der Waals surface area contributed by atoms with Gasteiger partial charge in [0, 0.05) is 31.3 Å². The molecule has 0 radical (unpaired) electrons. The van der Waals surface area contributed by atoms with Crippen molar-refractivity contribution in [3.05, 3.63) is 57.9 Å². The number of carbonyl (C=O) groups excluding carboxylic acids is 1. The standard InChI is InChI=1S/C24H30N4O2/c1-13-8-7-9-14(2)19(13)11-25-23-22-18(15(3)16(4)26-22)10-20(27-23)24(29)28-12-21(30-6)17(28)5/h7-10,17,21,26H,11-12H2,1-6H3,(H,25,27)/t17-,21-/m1/s1. The maximum atomic E-state index is 13.2. The number of fused-ring (bicyclic) bond motifs is 1. The summed E-state index contributed by atoms with van der Waals surface area (Å²) in [7, 11) is 1.69. The van der Waals surface area contributed by atoms with E-state index in [2.05, 4.69) is 49.3 Å². The van der Waals surface area contributed by atoms with Gasteiger partial charge < -0.3 is 19.9 Å². The molecule has 158 valence electrons. The second kappa shape index (κ2) is 7.76. The highest BCUT2D eigenvalue weighted by atomic mass is 16.5. The van der Waals surface area contributed by atoms with Gasteiger partial charge in [-0.25, -0.2) is 4.98 Å². The van der Waals surface area contributed by atoms with Crippen molar-refractivity contribution in [1.82, 2.24) is 14.9 Å². The van der Waals surface area contributed by atoms with Gasteiger partial charge in [-0.1, -0.05) is 18.2 Å². The van der Waals surface area contributed by atoms with Crippen LogP contribution in [0.15, 0.2) is 24.3 Å². The molecule has 0 aliphatic carbocycles. The molecule has 0 spiro atoms. The van der Waals surface area contributed by atoms with Crippen LogP contribution in [0.2, 0.25) is 0 Å². The number of aromatic amines is 1. The summed E-state index contributed by atoms with van der Waals surface area (Å²) in [5.74, 6) is 0.664. The molecule has 3 heterocycles. The van der Waals surface area contributed by atoms with E-state index >= 15 is 0 Å². The minimum Gasteiger partial charge on any atom is -0.377 e. The summed E-state index contributed by atoms with van der Waals surface area (Å²) in [5, 5.41) is 4.52. The fourth-order valence-corrected chi connectivity index (χ4v) is 4.25. The van der Waals surface area contributed by atoms with Gasteiger partial charge in [0.1, 0.15) is 5.69 Å². The third-order valence-electron chi connectivity index (χ3n) is 6.56. The summed E-state index contributed by atoms with van der Waals surface area (Å²) >= 11 is 0. The fourth-order valence-electron chi connectivity index (χ4n) is 4.25.